The number of nitrogens with two attached hydrogens (primary N) is 1. The van der Waals surface area contributed by atoms with Crippen LogP contribution in [0.15, 0.2) is 23.2 Å². The predicted molar refractivity (Wildman–Crippen MR) is 69.9 cm³/mol. The van der Waals surface area contributed by atoms with Crippen molar-refractivity contribution in [2.45, 2.75) is 26.3 Å². The lowest BCUT2D eigenvalue weighted by Crippen LogP contribution is -2.36. The van der Waals surface area contributed by atoms with E-state index >= 15 is 0 Å². The van der Waals surface area contributed by atoms with Crippen molar-refractivity contribution < 1.29 is 4.39 Å². The van der Waals surface area contributed by atoms with Crippen LogP contribution in [0.1, 0.15) is 19.4 Å². The van der Waals surface area contributed by atoms with Crippen LogP contribution in [0.5, 0.6) is 0 Å². The third-order valence-electron chi connectivity index (χ3n) is 2.14. The maximum atomic E-state index is 13.4. The van der Waals surface area contributed by atoms with Gasteiger partial charge in [-0.2, -0.15) is 0 Å². The molecule has 3 N–H and O–H groups in total. The highest BCUT2D eigenvalue weighted by molar-refractivity contribution is 6.31. The highest BCUT2D eigenvalue weighted by atomic mass is 35.5. The molecular formula is C12H17ClFN3. The second kappa shape index (κ2) is 6.45. The molecule has 0 spiro atoms. The predicted octanol–water partition coefficient (Wildman–Crippen LogP) is 2.33. The van der Waals surface area contributed by atoms with E-state index in [2.05, 4.69) is 10.3 Å². The van der Waals surface area contributed by atoms with Crippen molar-refractivity contribution in [2.24, 2.45) is 10.7 Å². The van der Waals surface area contributed by atoms with Crippen molar-refractivity contribution in [2.75, 3.05) is 6.54 Å². The van der Waals surface area contributed by atoms with Crippen LogP contribution in [0.3, 0.4) is 0 Å². The van der Waals surface area contributed by atoms with E-state index in [1.807, 2.05) is 13.8 Å². The van der Waals surface area contributed by atoms with Crippen LogP contribution in [0, 0.1) is 5.82 Å². The second-order valence-electron chi connectivity index (χ2n) is 4.02. The van der Waals surface area contributed by atoms with Crippen molar-refractivity contribution in [1.82, 2.24) is 5.32 Å². The molecule has 0 heterocycles. The van der Waals surface area contributed by atoms with Gasteiger partial charge in [-0.15, -0.1) is 0 Å². The molecule has 5 heteroatoms. The zero-order valence-corrected chi connectivity index (χ0v) is 10.8. The minimum Gasteiger partial charge on any atom is -0.370 e. The molecular weight excluding hydrogens is 241 g/mol. The lowest BCUT2D eigenvalue weighted by Gasteiger charge is -2.08. The second-order valence-corrected chi connectivity index (χ2v) is 4.42. The van der Waals surface area contributed by atoms with Gasteiger partial charge in [-0.3, -0.25) is 4.99 Å². The standard InChI is InChI=1S/C12H17ClFN3/c1-8(2)17-12(15)16-7-6-9-10(13)4-3-5-11(9)14/h3-5,8H,6-7H2,1-2H3,(H3,15,16,17). The molecule has 0 bridgehead atoms. The average molecular weight is 258 g/mol. The fourth-order valence-electron chi connectivity index (χ4n) is 1.40. The average Bonchev–Trinajstić information content (AvgIpc) is 2.21. The Bertz CT molecular complexity index is 384. The summed E-state index contributed by atoms with van der Waals surface area (Å²) in [6.45, 7) is 4.35. The zero-order chi connectivity index (χ0) is 12.8. The van der Waals surface area contributed by atoms with Crippen LogP contribution in [-0.4, -0.2) is 18.5 Å². The summed E-state index contributed by atoms with van der Waals surface area (Å²) in [5.41, 5.74) is 6.11. The molecule has 0 aliphatic rings. The van der Waals surface area contributed by atoms with Crippen LogP contribution in [0.4, 0.5) is 4.39 Å². The number of nitrogens with zero attached hydrogens (tertiary/aromatic N) is 1. The van der Waals surface area contributed by atoms with Crippen molar-refractivity contribution in [3.63, 3.8) is 0 Å². The fourth-order valence-corrected chi connectivity index (χ4v) is 1.66. The Morgan fingerprint density at radius 1 is 1.53 bits per heavy atom. The molecule has 0 aliphatic heterocycles. The summed E-state index contributed by atoms with van der Waals surface area (Å²) in [4.78, 5) is 4.10. The van der Waals surface area contributed by atoms with Gasteiger partial charge in [-0.05, 0) is 32.4 Å². The van der Waals surface area contributed by atoms with Crippen LogP contribution < -0.4 is 11.1 Å². The maximum absolute atomic E-state index is 13.4. The number of benzene rings is 1. The molecule has 17 heavy (non-hydrogen) atoms. The van der Waals surface area contributed by atoms with E-state index in [-0.39, 0.29) is 11.9 Å². The van der Waals surface area contributed by atoms with Gasteiger partial charge in [0.25, 0.3) is 0 Å². The first kappa shape index (κ1) is 13.8. The van der Waals surface area contributed by atoms with E-state index < -0.39 is 0 Å². The first-order valence-corrected chi connectivity index (χ1v) is 5.88. The molecule has 0 fully saturated rings. The first-order chi connectivity index (χ1) is 8.00. The lowest BCUT2D eigenvalue weighted by atomic mass is 10.1. The van der Waals surface area contributed by atoms with Gasteiger partial charge in [0, 0.05) is 23.2 Å². The molecule has 0 atom stereocenters. The minimum atomic E-state index is -0.303. The van der Waals surface area contributed by atoms with E-state index in [9.17, 15) is 4.39 Å². The largest absolute Gasteiger partial charge is 0.370 e. The van der Waals surface area contributed by atoms with Crippen LogP contribution in [0.2, 0.25) is 5.02 Å². The van der Waals surface area contributed by atoms with Gasteiger partial charge < -0.3 is 11.1 Å². The van der Waals surface area contributed by atoms with Gasteiger partial charge in [0.15, 0.2) is 5.96 Å². The monoisotopic (exact) mass is 257 g/mol. The maximum Gasteiger partial charge on any atom is 0.188 e. The summed E-state index contributed by atoms with van der Waals surface area (Å²) < 4.78 is 13.4. The molecule has 0 aliphatic carbocycles. The molecule has 0 radical (unpaired) electrons. The van der Waals surface area contributed by atoms with Gasteiger partial charge in [0.1, 0.15) is 5.82 Å². The van der Waals surface area contributed by atoms with Crippen LogP contribution in [0.25, 0.3) is 0 Å². The molecule has 0 amide bonds. The van der Waals surface area contributed by atoms with E-state index in [1.54, 1.807) is 12.1 Å². The molecule has 1 aromatic rings. The number of hydrogen-bond donors (Lipinski definition) is 2. The van der Waals surface area contributed by atoms with Gasteiger partial charge in [-0.25, -0.2) is 4.39 Å². The first-order valence-electron chi connectivity index (χ1n) is 5.50. The molecule has 3 nitrogen and oxygen atoms in total. The summed E-state index contributed by atoms with van der Waals surface area (Å²) in [5.74, 6) is 0.0653. The van der Waals surface area contributed by atoms with E-state index in [1.165, 1.54) is 6.07 Å². The van der Waals surface area contributed by atoms with E-state index in [0.717, 1.165) is 0 Å². The lowest BCUT2D eigenvalue weighted by molar-refractivity contribution is 0.609. The van der Waals surface area contributed by atoms with Crippen molar-refractivity contribution in [1.29, 1.82) is 0 Å². The Morgan fingerprint density at radius 2 is 2.24 bits per heavy atom. The Hall–Kier alpha value is -1.29. The molecule has 0 unspecified atom stereocenters. The Kier molecular flexibility index (Phi) is 5.22. The number of rotatable bonds is 4. The molecule has 1 rings (SSSR count). The van der Waals surface area contributed by atoms with Gasteiger partial charge in [0.05, 0.1) is 0 Å². The normalized spacial score (nSPS) is 11.9. The number of guanidine groups is 1. The van der Waals surface area contributed by atoms with E-state index in [4.69, 9.17) is 17.3 Å². The Labute approximate surface area is 106 Å². The number of nitrogens with one attached hydrogen (secondary N) is 1. The summed E-state index contributed by atoms with van der Waals surface area (Å²) >= 11 is 5.89. The van der Waals surface area contributed by atoms with Gasteiger partial charge >= 0.3 is 0 Å². The highest BCUT2D eigenvalue weighted by Gasteiger charge is 2.05. The zero-order valence-electron chi connectivity index (χ0n) is 10.0. The highest BCUT2D eigenvalue weighted by Crippen LogP contribution is 2.19. The molecule has 94 valence electrons. The van der Waals surface area contributed by atoms with Gasteiger partial charge in [-0.1, -0.05) is 17.7 Å². The quantitative estimate of drug-likeness (QED) is 0.643. The number of hydrogen-bond acceptors (Lipinski definition) is 1. The van der Waals surface area contributed by atoms with Crippen LogP contribution in [-0.2, 0) is 6.42 Å². The third-order valence-corrected chi connectivity index (χ3v) is 2.50. The molecule has 0 aromatic heterocycles. The van der Waals surface area contributed by atoms with Crippen molar-refractivity contribution in [3.8, 4) is 0 Å². The third kappa shape index (κ3) is 4.61. The molecule has 0 saturated carbocycles. The minimum absolute atomic E-state index is 0.232. The van der Waals surface area contributed by atoms with Crippen molar-refractivity contribution >= 4 is 17.6 Å². The summed E-state index contributed by atoms with van der Waals surface area (Å²) in [5, 5.41) is 3.39. The Balaban J connectivity index is 2.56. The SMILES string of the molecule is CC(C)NC(N)=NCCc1c(F)cccc1Cl. The Morgan fingerprint density at radius 3 is 2.82 bits per heavy atom. The van der Waals surface area contributed by atoms with Crippen molar-refractivity contribution in [3.05, 3.63) is 34.6 Å². The summed E-state index contributed by atoms with van der Waals surface area (Å²) in [7, 11) is 0. The van der Waals surface area contributed by atoms with Gasteiger partial charge in [0.2, 0.25) is 0 Å². The number of halogens is 2. The molecule has 0 saturated heterocycles. The fraction of sp³-hybridized carbons (Fsp3) is 0.417. The smallest absolute Gasteiger partial charge is 0.188 e. The summed E-state index contributed by atoms with van der Waals surface area (Å²) in [6.07, 6.45) is 0.436. The van der Waals surface area contributed by atoms with E-state index in [0.29, 0.717) is 29.5 Å². The number of aliphatic imine (C=N–C) groups is 1. The summed E-state index contributed by atoms with van der Waals surface area (Å²) in [6, 6.07) is 4.87. The molecule has 1 aromatic carbocycles. The topological polar surface area (TPSA) is 50.4 Å². The van der Waals surface area contributed by atoms with Crippen LogP contribution >= 0.6 is 11.6 Å².